The summed E-state index contributed by atoms with van der Waals surface area (Å²) < 4.78 is 1.64. The average Bonchev–Trinajstić information content (AvgIpc) is 3.20. The van der Waals surface area contributed by atoms with E-state index in [-0.39, 0.29) is 18.4 Å². The van der Waals surface area contributed by atoms with Crippen LogP contribution < -0.4 is 0 Å². The van der Waals surface area contributed by atoms with Gasteiger partial charge in [0.1, 0.15) is 0 Å². The lowest BCUT2D eigenvalue weighted by molar-refractivity contribution is -0.150. The van der Waals surface area contributed by atoms with E-state index in [9.17, 15) is 14.7 Å². The highest BCUT2D eigenvalue weighted by molar-refractivity contribution is 6.32. The number of likely N-dealkylation sites (tertiary alicyclic amines) is 1. The van der Waals surface area contributed by atoms with E-state index in [2.05, 4.69) is 5.10 Å². The number of nitrogens with zero attached hydrogens (tertiary/aromatic N) is 3. The highest BCUT2D eigenvalue weighted by atomic mass is 35.5. The molecule has 1 saturated heterocycles. The molecule has 1 fully saturated rings. The monoisotopic (exact) mass is 375 g/mol. The van der Waals surface area contributed by atoms with Crippen LogP contribution in [0.2, 0.25) is 5.02 Å². The lowest BCUT2D eigenvalue weighted by Gasteiger charge is -2.28. The third-order valence-electron chi connectivity index (χ3n) is 5.44. The molecule has 1 amide bonds. The lowest BCUT2D eigenvalue weighted by atomic mass is 9.76. The molecule has 0 radical (unpaired) electrons. The van der Waals surface area contributed by atoms with Gasteiger partial charge in [0.15, 0.2) is 0 Å². The van der Waals surface area contributed by atoms with E-state index in [0.717, 1.165) is 0 Å². The highest BCUT2D eigenvalue weighted by Gasteiger charge is 2.48. The van der Waals surface area contributed by atoms with Crippen LogP contribution in [-0.4, -0.2) is 44.8 Å². The Balaban J connectivity index is 1.89. The molecule has 1 N–H and O–H groups in total. The summed E-state index contributed by atoms with van der Waals surface area (Å²) in [4.78, 5) is 26.4. The van der Waals surface area contributed by atoms with Gasteiger partial charge in [-0.05, 0) is 31.4 Å². The second-order valence-corrected chi connectivity index (χ2v) is 7.51. The number of amides is 1. The Morgan fingerprint density at radius 2 is 2.00 bits per heavy atom. The van der Waals surface area contributed by atoms with Gasteiger partial charge in [-0.25, -0.2) is 4.68 Å². The molecule has 1 aliphatic rings. The fourth-order valence-corrected chi connectivity index (χ4v) is 3.77. The van der Waals surface area contributed by atoms with Crippen LogP contribution in [0, 0.1) is 18.3 Å². The second kappa shape index (κ2) is 6.76. The van der Waals surface area contributed by atoms with Crippen LogP contribution in [0.5, 0.6) is 0 Å². The lowest BCUT2D eigenvalue weighted by Crippen LogP contribution is -2.40. The molecule has 138 valence electrons. The molecule has 3 rings (SSSR count). The van der Waals surface area contributed by atoms with E-state index in [1.54, 1.807) is 15.6 Å². The van der Waals surface area contributed by atoms with Crippen molar-refractivity contribution in [2.45, 2.75) is 27.2 Å². The van der Waals surface area contributed by atoms with Crippen LogP contribution in [0.1, 0.15) is 36.3 Å². The predicted molar refractivity (Wildman–Crippen MR) is 98.7 cm³/mol. The number of hydrogen-bond donors (Lipinski definition) is 1. The molecule has 1 aromatic carbocycles. The number of benzene rings is 1. The predicted octanol–water partition coefficient (Wildman–Crippen LogP) is 3.41. The number of aliphatic carboxylic acids is 1. The van der Waals surface area contributed by atoms with Crippen molar-refractivity contribution in [1.82, 2.24) is 14.7 Å². The summed E-state index contributed by atoms with van der Waals surface area (Å²) in [5.74, 6) is -1.08. The molecule has 7 heteroatoms. The largest absolute Gasteiger partial charge is 0.481 e. The van der Waals surface area contributed by atoms with Crippen molar-refractivity contribution in [2.75, 3.05) is 13.1 Å². The minimum atomic E-state index is -0.887. The normalized spacial score (nSPS) is 20.0. The van der Waals surface area contributed by atoms with E-state index in [1.807, 2.05) is 39.0 Å². The molecule has 0 spiro atoms. The number of aromatic nitrogens is 2. The third-order valence-corrected chi connectivity index (χ3v) is 5.76. The minimum Gasteiger partial charge on any atom is -0.481 e. The molecular weight excluding hydrogens is 354 g/mol. The molecule has 6 nitrogen and oxygen atoms in total. The summed E-state index contributed by atoms with van der Waals surface area (Å²) in [5, 5.41) is 14.5. The van der Waals surface area contributed by atoms with Gasteiger partial charge in [-0.3, -0.25) is 9.59 Å². The number of carbonyl (C=O) groups excluding carboxylic acids is 1. The van der Waals surface area contributed by atoms with Crippen LogP contribution in [0.15, 0.2) is 30.5 Å². The maximum absolute atomic E-state index is 13.0. The molecule has 26 heavy (non-hydrogen) atoms. The van der Waals surface area contributed by atoms with Gasteiger partial charge in [-0.1, -0.05) is 37.6 Å². The van der Waals surface area contributed by atoms with Crippen LogP contribution in [0.3, 0.4) is 0 Å². The molecule has 0 bridgehead atoms. The summed E-state index contributed by atoms with van der Waals surface area (Å²) in [6.45, 7) is 6.24. The van der Waals surface area contributed by atoms with Crippen LogP contribution in [0.25, 0.3) is 5.69 Å². The van der Waals surface area contributed by atoms with Crippen molar-refractivity contribution in [3.05, 3.63) is 46.7 Å². The van der Waals surface area contributed by atoms with Crippen molar-refractivity contribution in [2.24, 2.45) is 11.3 Å². The number of halogens is 1. The fourth-order valence-electron chi connectivity index (χ4n) is 3.56. The molecule has 1 aromatic heterocycles. The summed E-state index contributed by atoms with van der Waals surface area (Å²) in [7, 11) is 0. The molecule has 1 unspecified atom stereocenters. The van der Waals surface area contributed by atoms with Crippen molar-refractivity contribution in [1.29, 1.82) is 0 Å². The summed E-state index contributed by atoms with van der Waals surface area (Å²) in [5.41, 5.74) is 0.965. The van der Waals surface area contributed by atoms with Gasteiger partial charge in [0, 0.05) is 13.1 Å². The van der Waals surface area contributed by atoms with Gasteiger partial charge >= 0.3 is 5.97 Å². The molecule has 2 aromatic rings. The van der Waals surface area contributed by atoms with Crippen molar-refractivity contribution in [3.63, 3.8) is 0 Å². The molecule has 1 aliphatic heterocycles. The molecular formula is C19H22ClN3O3. The minimum absolute atomic E-state index is 0.0512. The number of carboxylic acid groups (broad SMARTS) is 1. The maximum atomic E-state index is 13.0. The second-order valence-electron chi connectivity index (χ2n) is 7.10. The summed E-state index contributed by atoms with van der Waals surface area (Å²) >= 11 is 6.23. The van der Waals surface area contributed by atoms with Gasteiger partial charge in [0.2, 0.25) is 0 Å². The molecule has 2 heterocycles. The van der Waals surface area contributed by atoms with Gasteiger partial charge < -0.3 is 10.0 Å². The van der Waals surface area contributed by atoms with E-state index < -0.39 is 11.4 Å². The zero-order chi connectivity index (χ0) is 19.1. The van der Waals surface area contributed by atoms with Gasteiger partial charge in [-0.2, -0.15) is 5.10 Å². The first-order valence-electron chi connectivity index (χ1n) is 8.60. The Kier molecular flexibility index (Phi) is 4.80. The SMILES string of the molecule is Cc1c(C(=O)N2CCC(C(=O)O)(C(C)C)C2)cnn1-c1ccccc1Cl. The van der Waals surface area contributed by atoms with Crippen molar-refractivity contribution < 1.29 is 14.7 Å². The Morgan fingerprint density at radius 3 is 2.58 bits per heavy atom. The van der Waals surface area contributed by atoms with Gasteiger partial charge in [0.05, 0.1) is 33.6 Å². The zero-order valence-electron chi connectivity index (χ0n) is 15.1. The topological polar surface area (TPSA) is 75.4 Å². The van der Waals surface area contributed by atoms with Crippen LogP contribution in [-0.2, 0) is 4.79 Å². The smallest absolute Gasteiger partial charge is 0.311 e. The molecule has 1 atom stereocenters. The van der Waals surface area contributed by atoms with Crippen molar-refractivity contribution >= 4 is 23.5 Å². The molecule has 0 saturated carbocycles. The first-order chi connectivity index (χ1) is 12.3. The van der Waals surface area contributed by atoms with Gasteiger partial charge in [-0.15, -0.1) is 0 Å². The third kappa shape index (κ3) is 2.88. The van der Waals surface area contributed by atoms with Crippen molar-refractivity contribution in [3.8, 4) is 5.69 Å². The number of carboxylic acids is 1. The highest BCUT2D eigenvalue weighted by Crippen LogP contribution is 2.39. The number of hydrogen-bond acceptors (Lipinski definition) is 3. The maximum Gasteiger partial charge on any atom is 0.311 e. The Morgan fingerprint density at radius 1 is 1.31 bits per heavy atom. The number of carbonyl (C=O) groups is 2. The average molecular weight is 376 g/mol. The van der Waals surface area contributed by atoms with Gasteiger partial charge in [0.25, 0.3) is 5.91 Å². The molecule has 0 aliphatic carbocycles. The number of para-hydroxylation sites is 1. The zero-order valence-corrected chi connectivity index (χ0v) is 15.8. The van der Waals surface area contributed by atoms with E-state index in [0.29, 0.717) is 34.9 Å². The van der Waals surface area contributed by atoms with E-state index >= 15 is 0 Å². The Labute approximate surface area is 157 Å². The first-order valence-corrected chi connectivity index (χ1v) is 8.98. The quantitative estimate of drug-likeness (QED) is 0.888. The Bertz CT molecular complexity index is 861. The Hall–Kier alpha value is -2.34. The van der Waals surface area contributed by atoms with Crippen LogP contribution in [0.4, 0.5) is 0 Å². The number of rotatable bonds is 4. The summed E-state index contributed by atoms with van der Waals surface area (Å²) in [6.07, 6.45) is 1.99. The first kappa shape index (κ1) is 18.5. The van der Waals surface area contributed by atoms with E-state index in [1.165, 1.54) is 6.20 Å². The summed E-state index contributed by atoms with van der Waals surface area (Å²) in [6, 6.07) is 7.29. The standard InChI is InChI=1S/C19H22ClN3O3/c1-12(2)19(18(25)26)8-9-22(11-19)17(24)14-10-21-23(13(14)3)16-7-5-4-6-15(16)20/h4-7,10,12H,8-9,11H2,1-3H3,(H,25,26). The fraction of sp³-hybridized carbons (Fsp3) is 0.421. The van der Waals surface area contributed by atoms with Crippen LogP contribution >= 0.6 is 11.6 Å². The van der Waals surface area contributed by atoms with E-state index in [4.69, 9.17) is 11.6 Å².